The highest BCUT2D eigenvalue weighted by Crippen LogP contribution is 2.48. The Bertz CT molecular complexity index is 911. The highest BCUT2D eigenvalue weighted by atomic mass is 16.5. The number of nitrogens with two attached hydrogens (primary N) is 1. The van der Waals surface area contributed by atoms with Crippen LogP contribution in [0.2, 0.25) is 0 Å². The zero-order valence-electron chi connectivity index (χ0n) is 17.3. The fourth-order valence-electron chi connectivity index (χ4n) is 4.94. The minimum absolute atomic E-state index is 0.101. The number of aliphatic hydroxyl groups excluding tert-OH is 1. The molecule has 0 bridgehead atoms. The number of nitrogens with zero attached hydrogens (tertiary/aromatic N) is 1. The summed E-state index contributed by atoms with van der Waals surface area (Å²) in [6.45, 7) is 5.88. The van der Waals surface area contributed by atoms with Crippen LogP contribution in [0.4, 0.5) is 0 Å². The van der Waals surface area contributed by atoms with Crippen molar-refractivity contribution in [3.63, 3.8) is 0 Å². The van der Waals surface area contributed by atoms with E-state index in [0.717, 1.165) is 12.0 Å². The molecule has 0 spiro atoms. The number of benzene rings is 2. The molecule has 5 heteroatoms. The third kappa shape index (κ3) is 3.48. The van der Waals surface area contributed by atoms with Gasteiger partial charge in [0.1, 0.15) is 5.72 Å². The lowest BCUT2D eigenvalue weighted by atomic mass is 10.0. The van der Waals surface area contributed by atoms with E-state index in [1.165, 1.54) is 16.7 Å². The Morgan fingerprint density at radius 3 is 2.31 bits per heavy atom. The highest BCUT2D eigenvalue weighted by Gasteiger charge is 2.52. The standard InChI is InChI=1S/C15H19NO2.C9H11NO/c1-4-13(17)16-14-11-8-6-5-7-10(11)9-12(14)18-15(16,2)3;10-9-7-4-2-1-3-6(7)5-8(9)11/h5-8,12,14H,4,9H2,1-3H3;1-4,8-9,11H,5,10H2/t12-,14+;8-,9+/m00/s1. The number of aliphatic hydroxyl groups is 1. The Labute approximate surface area is 172 Å². The maximum atomic E-state index is 12.2. The van der Waals surface area contributed by atoms with Gasteiger partial charge in [-0.1, -0.05) is 55.5 Å². The summed E-state index contributed by atoms with van der Waals surface area (Å²) in [6, 6.07) is 16.2. The van der Waals surface area contributed by atoms with Crippen LogP contribution in [0.3, 0.4) is 0 Å². The fourth-order valence-corrected chi connectivity index (χ4v) is 4.94. The van der Waals surface area contributed by atoms with Crippen LogP contribution in [0.15, 0.2) is 48.5 Å². The molecule has 4 atom stereocenters. The number of amides is 1. The van der Waals surface area contributed by atoms with Crippen LogP contribution in [0.1, 0.15) is 61.5 Å². The molecule has 1 fully saturated rings. The summed E-state index contributed by atoms with van der Waals surface area (Å²) in [7, 11) is 0. The van der Waals surface area contributed by atoms with Gasteiger partial charge in [-0.15, -0.1) is 0 Å². The SMILES string of the molecule is CCC(=O)N1[C@@H]2c3ccccc3C[C@@H]2OC1(C)C.N[C@@H]1c2ccccc2C[C@@H]1O. The van der Waals surface area contributed by atoms with Crippen molar-refractivity contribution in [3.8, 4) is 0 Å². The lowest BCUT2D eigenvalue weighted by Gasteiger charge is -2.33. The Kier molecular flexibility index (Phi) is 5.23. The van der Waals surface area contributed by atoms with E-state index in [9.17, 15) is 9.90 Å². The Morgan fingerprint density at radius 2 is 1.69 bits per heavy atom. The number of hydrogen-bond donors (Lipinski definition) is 2. The normalized spacial score (nSPS) is 28.2. The molecule has 5 nitrogen and oxygen atoms in total. The van der Waals surface area contributed by atoms with Gasteiger partial charge >= 0.3 is 0 Å². The smallest absolute Gasteiger partial charge is 0.225 e. The minimum atomic E-state index is -0.490. The van der Waals surface area contributed by atoms with Gasteiger partial charge in [0, 0.05) is 19.3 Å². The molecule has 1 amide bonds. The van der Waals surface area contributed by atoms with Gasteiger partial charge < -0.3 is 20.5 Å². The number of carbonyl (C=O) groups excluding carboxylic acids is 1. The van der Waals surface area contributed by atoms with Gasteiger partial charge in [0.25, 0.3) is 0 Å². The molecule has 2 aromatic rings. The second-order valence-electron chi connectivity index (χ2n) is 8.56. The summed E-state index contributed by atoms with van der Waals surface area (Å²) in [4.78, 5) is 14.2. The number of ether oxygens (including phenoxy) is 1. The lowest BCUT2D eigenvalue weighted by molar-refractivity contribution is -0.147. The van der Waals surface area contributed by atoms with E-state index in [1.807, 2.05) is 56.0 Å². The van der Waals surface area contributed by atoms with Crippen LogP contribution in [0, 0.1) is 0 Å². The van der Waals surface area contributed by atoms with E-state index in [2.05, 4.69) is 18.2 Å². The topological polar surface area (TPSA) is 75.8 Å². The van der Waals surface area contributed by atoms with Crippen molar-refractivity contribution in [2.24, 2.45) is 5.73 Å². The van der Waals surface area contributed by atoms with Gasteiger partial charge in [-0.05, 0) is 36.1 Å². The van der Waals surface area contributed by atoms with Crippen molar-refractivity contribution in [1.82, 2.24) is 4.90 Å². The van der Waals surface area contributed by atoms with Crippen molar-refractivity contribution in [2.75, 3.05) is 0 Å². The first-order chi connectivity index (χ1) is 13.8. The van der Waals surface area contributed by atoms with E-state index >= 15 is 0 Å². The first kappa shape index (κ1) is 20.1. The van der Waals surface area contributed by atoms with E-state index in [-0.39, 0.29) is 30.2 Å². The van der Waals surface area contributed by atoms with Gasteiger partial charge in [0.15, 0.2) is 0 Å². The van der Waals surface area contributed by atoms with Gasteiger partial charge in [0.05, 0.1) is 24.3 Å². The second-order valence-corrected chi connectivity index (χ2v) is 8.56. The van der Waals surface area contributed by atoms with Crippen molar-refractivity contribution in [1.29, 1.82) is 0 Å². The molecular weight excluding hydrogens is 364 g/mol. The van der Waals surface area contributed by atoms with Gasteiger partial charge in [-0.3, -0.25) is 4.79 Å². The Hall–Kier alpha value is -2.21. The Morgan fingerprint density at radius 1 is 1.10 bits per heavy atom. The molecule has 29 heavy (non-hydrogen) atoms. The van der Waals surface area contributed by atoms with Gasteiger partial charge in [-0.25, -0.2) is 0 Å². The molecule has 0 saturated carbocycles. The molecule has 0 radical (unpaired) electrons. The summed E-state index contributed by atoms with van der Waals surface area (Å²) >= 11 is 0. The highest BCUT2D eigenvalue weighted by molar-refractivity contribution is 5.77. The van der Waals surface area contributed by atoms with Crippen LogP contribution < -0.4 is 5.73 Å². The predicted octanol–water partition coefficient (Wildman–Crippen LogP) is 3.26. The maximum absolute atomic E-state index is 12.2. The molecule has 2 aromatic carbocycles. The van der Waals surface area contributed by atoms with E-state index < -0.39 is 5.72 Å². The first-order valence-electron chi connectivity index (χ1n) is 10.4. The summed E-state index contributed by atoms with van der Waals surface area (Å²) in [5.74, 6) is 0.171. The summed E-state index contributed by atoms with van der Waals surface area (Å²) < 4.78 is 6.10. The van der Waals surface area contributed by atoms with Crippen LogP contribution in [-0.2, 0) is 22.4 Å². The zero-order valence-corrected chi connectivity index (χ0v) is 17.3. The third-order valence-corrected chi connectivity index (χ3v) is 6.27. The van der Waals surface area contributed by atoms with Crippen LogP contribution >= 0.6 is 0 Å². The van der Waals surface area contributed by atoms with Crippen molar-refractivity contribution in [3.05, 3.63) is 70.8 Å². The average Bonchev–Trinajstić information content (AvgIpc) is 3.28. The molecule has 2 aliphatic carbocycles. The summed E-state index contributed by atoms with van der Waals surface area (Å²) in [5, 5.41) is 9.39. The molecule has 3 N–H and O–H groups in total. The molecule has 0 unspecified atom stereocenters. The van der Waals surface area contributed by atoms with Crippen LogP contribution in [0.5, 0.6) is 0 Å². The number of fused-ring (bicyclic) bond motifs is 4. The summed E-state index contributed by atoms with van der Waals surface area (Å²) in [5.41, 5.74) is 10.1. The molecule has 1 saturated heterocycles. The van der Waals surface area contributed by atoms with E-state index in [4.69, 9.17) is 10.5 Å². The molecule has 5 rings (SSSR count). The first-order valence-corrected chi connectivity index (χ1v) is 10.4. The lowest BCUT2D eigenvalue weighted by Crippen LogP contribution is -2.44. The van der Waals surface area contributed by atoms with E-state index in [1.54, 1.807) is 0 Å². The van der Waals surface area contributed by atoms with Crippen molar-refractivity contribution < 1.29 is 14.6 Å². The fraction of sp³-hybridized carbons (Fsp3) is 0.458. The van der Waals surface area contributed by atoms with Crippen LogP contribution in [-0.4, -0.2) is 33.8 Å². The van der Waals surface area contributed by atoms with Gasteiger partial charge in [0.2, 0.25) is 5.91 Å². The monoisotopic (exact) mass is 394 g/mol. The third-order valence-electron chi connectivity index (χ3n) is 6.27. The Balaban J connectivity index is 0.000000159. The molecule has 154 valence electrons. The molecular formula is C24H30N2O3. The zero-order chi connectivity index (χ0) is 20.8. The maximum Gasteiger partial charge on any atom is 0.225 e. The number of hydrogen-bond acceptors (Lipinski definition) is 4. The largest absolute Gasteiger partial charge is 0.391 e. The van der Waals surface area contributed by atoms with Gasteiger partial charge in [-0.2, -0.15) is 0 Å². The van der Waals surface area contributed by atoms with Crippen molar-refractivity contribution in [2.45, 2.75) is 70.1 Å². The molecule has 0 aromatic heterocycles. The number of carbonyl (C=O) groups is 1. The van der Waals surface area contributed by atoms with Crippen LogP contribution in [0.25, 0.3) is 0 Å². The molecule has 1 heterocycles. The molecule has 1 aliphatic heterocycles. The van der Waals surface area contributed by atoms with Crippen molar-refractivity contribution >= 4 is 5.91 Å². The number of rotatable bonds is 1. The second kappa shape index (κ2) is 7.56. The predicted molar refractivity (Wildman–Crippen MR) is 112 cm³/mol. The molecule has 3 aliphatic rings. The summed E-state index contributed by atoms with van der Waals surface area (Å²) in [6.07, 6.45) is 1.88. The minimum Gasteiger partial charge on any atom is -0.391 e. The quantitative estimate of drug-likeness (QED) is 0.778. The average molecular weight is 395 g/mol. The van der Waals surface area contributed by atoms with E-state index in [0.29, 0.717) is 12.8 Å².